The van der Waals surface area contributed by atoms with E-state index < -0.39 is 38.9 Å². The van der Waals surface area contributed by atoms with Gasteiger partial charge in [0.2, 0.25) is 10.0 Å². The molecule has 0 bridgehead atoms. The quantitative estimate of drug-likeness (QED) is 0.709. The second-order valence-electron chi connectivity index (χ2n) is 6.95. The van der Waals surface area contributed by atoms with Crippen LogP contribution in [0.15, 0.2) is 58.3 Å². The first-order valence-corrected chi connectivity index (χ1v) is 11.7. The number of rotatable bonds is 6. The maximum atomic E-state index is 12.9. The minimum absolute atomic E-state index is 0.0125. The smallest absolute Gasteiger partial charge is 0.297 e. The van der Waals surface area contributed by atoms with Crippen LogP contribution in [0.1, 0.15) is 17.5 Å². The number of hydrogen-bond acceptors (Lipinski definition) is 6. The number of benzene rings is 2. The third-order valence-electron chi connectivity index (χ3n) is 4.74. The normalized spacial score (nSPS) is 21.1. The number of sulfonamides is 1. The van der Waals surface area contributed by atoms with E-state index in [1.54, 1.807) is 24.3 Å². The Balaban J connectivity index is 1.81. The van der Waals surface area contributed by atoms with Crippen molar-refractivity contribution in [2.75, 3.05) is 13.2 Å². The molecule has 1 aliphatic heterocycles. The summed E-state index contributed by atoms with van der Waals surface area (Å²) < 4.78 is 57.3. The molecule has 1 heterocycles. The van der Waals surface area contributed by atoms with E-state index in [-0.39, 0.29) is 22.8 Å². The van der Waals surface area contributed by atoms with Crippen molar-refractivity contribution in [2.24, 2.45) is 0 Å². The Hall–Kier alpha value is -1.78. The van der Waals surface area contributed by atoms with E-state index in [0.717, 1.165) is 15.4 Å². The molecule has 2 aromatic carbocycles. The molecule has 0 saturated carbocycles. The maximum absolute atomic E-state index is 12.9. The number of aliphatic hydroxyl groups is 1. The second kappa shape index (κ2) is 7.92. The van der Waals surface area contributed by atoms with Crippen molar-refractivity contribution in [3.05, 3.63) is 59.7 Å². The van der Waals surface area contributed by atoms with Gasteiger partial charge in [0, 0.05) is 6.54 Å². The molecule has 1 fully saturated rings. The molecule has 7 nitrogen and oxygen atoms in total. The molecule has 1 aliphatic rings. The molecule has 9 heteroatoms. The van der Waals surface area contributed by atoms with Gasteiger partial charge in [0.15, 0.2) is 0 Å². The summed E-state index contributed by atoms with van der Waals surface area (Å²) in [5.74, 6) is 0. The van der Waals surface area contributed by atoms with E-state index >= 15 is 0 Å². The van der Waals surface area contributed by atoms with Crippen molar-refractivity contribution in [2.45, 2.75) is 42.2 Å². The molecule has 0 spiro atoms. The first kappa shape index (κ1) is 20.9. The predicted molar refractivity (Wildman–Crippen MR) is 104 cm³/mol. The predicted octanol–water partition coefficient (Wildman–Crippen LogP) is 1.83. The molecule has 1 N–H and O–H groups in total. The third kappa shape index (κ3) is 4.28. The molecule has 0 aliphatic carbocycles. The summed E-state index contributed by atoms with van der Waals surface area (Å²) in [5, 5.41) is 9.64. The van der Waals surface area contributed by atoms with Crippen LogP contribution in [0.3, 0.4) is 0 Å². The highest BCUT2D eigenvalue weighted by atomic mass is 32.2. The van der Waals surface area contributed by atoms with Gasteiger partial charge in [-0.2, -0.15) is 12.7 Å². The van der Waals surface area contributed by atoms with E-state index in [0.29, 0.717) is 0 Å². The molecule has 0 amide bonds. The zero-order valence-electron chi connectivity index (χ0n) is 15.6. The molecular weight excluding hydrogens is 402 g/mol. The van der Waals surface area contributed by atoms with Gasteiger partial charge in [0.05, 0.1) is 28.5 Å². The standard InChI is InChI=1S/C19H23NO6S2/c1-14-3-7-18(8-4-14)27(22,23)20-12-17(11-16(20)13-21)26-28(24,25)19-9-5-15(2)6-10-19/h3-10,16-17,21H,11-13H2,1-2H3/t16-,17+/m0/s1. The Morgan fingerprint density at radius 3 is 1.93 bits per heavy atom. The lowest BCUT2D eigenvalue weighted by molar-refractivity contribution is 0.207. The molecule has 0 radical (unpaired) electrons. The highest BCUT2D eigenvalue weighted by molar-refractivity contribution is 7.89. The molecule has 2 atom stereocenters. The van der Waals surface area contributed by atoms with Crippen LogP contribution in [-0.4, -0.2) is 51.5 Å². The first-order chi connectivity index (χ1) is 13.1. The highest BCUT2D eigenvalue weighted by Gasteiger charge is 2.42. The van der Waals surface area contributed by atoms with Crippen molar-refractivity contribution < 1.29 is 26.1 Å². The van der Waals surface area contributed by atoms with Crippen LogP contribution in [0.2, 0.25) is 0 Å². The summed E-state index contributed by atoms with van der Waals surface area (Å²) in [6, 6.07) is 11.8. The molecule has 1 saturated heterocycles. The molecule has 0 unspecified atom stereocenters. The fraction of sp³-hybridized carbons (Fsp3) is 0.368. The Morgan fingerprint density at radius 1 is 0.929 bits per heavy atom. The van der Waals surface area contributed by atoms with Crippen LogP contribution in [0, 0.1) is 13.8 Å². The molecule has 3 rings (SSSR count). The Morgan fingerprint density at radius 2 is 1.43 bits per heavy atom. The Bertz CT molecular complexity index is 1030. The second-order valence-corrected chi connectivity index (χ2v) is 10.4. The van der Waals surface area contributed by atoms with Gasteiger partial charge >= 0.3 is 0 Å². The summed E-state index contributed by atoms with van der Waals surface area (Å²) in [5.41, 5.74) is 1.83. The Kier molecular flexibility index (Phi) is 5.92. The molecule has 2 aromatic rings. The zero-order valence-corrected chi connectivity index (χ0v) is 17.3. The van der Waals surface area contributed by atoms with Crippen molar-refractivity contribution in [1.29, 1.82) is 0 Å². The number of hydrogen-bond donors (Lipinski definition) is 1. The van der Waals surface area contributed by atoms with Gasteiger partial charge in [-0.1, -0.05) is 35.4 Å². The lowest BCUT2D eigenvalue weighted by Gasteiger charge is -2.22. The summed E-state index contributed by atoms with van der Waals surface area (Å²) >= 11 is 0. The average molecular weight is 426 g/mol. The fourth-order valence-corrected chi connectivity index (χ4v) is 5.90. The van der Waals surface area contributed by atoms with Crippen LogP contribution >= 0.6 is 0 Å². The monoisotopic (exact) mass is 425 g/mol. The number of aliphatic hydroxyl groups excluding tert-OH is 1. The van der Waals surface area contributed by atoms with Crippen molar-refractivity contribution in [1.82, 2.24) is 4.31 Å². The average Bonchev–Trinajstić information content (AvgIpc) is 3.05. The summed E-state index contributed by atoms with van der Waals surface area (Å²) in [6.45, 7) is 3.12. The lowest BCUT2D eigenvalue weighted by atomic mass is 10.2. The summed E-state index contributed by atoms with van der Waals surface area (Å²) in [7, 11) is -7.91. The van der Waals surface area contributed by atoms with Crippen molar-refractivity contribution in [3.63, 3.8) is 0 Å². The summed E-state index contributed by atoms with van der Waals surface area (Å²) in [6.07, 6.45) is -0.782. The van der Waals surface area contributed by atoms with Gasteiger partial charge in [-0.15, -0.1) is 0 Å². The molecule has 152 valence electrons. The molecule has 0 aromatic heterocycles. The van der Waals surface area contributed by atoms with E-state index in [1.165, 1.54) is 24.3 Å². The van der Waals surface area contributed by atoms with Crippen LogP contribution in [0.4, 0.5) is 0 Å². The van der Waals surface area contributed by atoms with E-state index in [2.05, 4.69) is 0 Å². The molecule has 28 heavy (non-hydrogen) atoms. The van der Waals surface area contributed by atoms with E-state index in [4.69, 9.17) is 4.18 Å². The van der Waals surface area contributed by atoms with Crippen LogP contribution in [0.25, 0.3) is 0 Å². The van der Waals surface area contributed by atoms with Crippen LogP contribution < -0.4 is 0 Å². The van der Waals surface area contributed by atoms with Crippen LogP contribution in [0.5, 0.6) is 0 Å². The fourth-order valence-electron chi connectivity index (χ4n) is 3.16. The minimum Gasteiger partial charge on any atom is -0.395 e. The van der Waals surface area contributed by atoms with Gasteiger partial charge in [0.1, 0.15) is 0 Å². The van der Waals surface area contributed by atoms with E-state index in [1.807, 2.05) is 13.8 Å². The maximum Gasteiger partial charge on any atom is 0.297 e. The van der Waals surface area contributed by atoms with Gasteiger partial charge < -0.3 is 5.11 Å². The van der Waals surface area contributed by atoms with E-state index in [9.17, 15) is 21.9 Å². The van der Waals surface area contributed by atoms with Crippen LogP contribution in [-0.2, 0) is 24.3 Å². The van der Waals surface area contributed by atoms with Gasteiger partial charge in [-0.05, 0) is 44.5 Å². The first-order valence-electron chi connectivity index (χ1n) is 8.83. The third-order valence-corrected chi connectivity index (χ3v) is 8.04. The SMILES string of the molecule is Cc1ccc(S(=O)(=O)O[C@@H]2C[C@@H](CO)N(S(=O)(=O)c3ccc(C)cc3)C2)cc1. The van der Waals surface area contributed by atoms with Crippen molar-refractivity contribution in [3.8, 4) is 0 Å². The molecular formula is C19H23NO6S2. The Labute approximate surface area is 165 Å². The lowest BCUT2D eigenvalue weighted by Crippen LogP contribution is -2.38. The minimum atomic E-state index is -4.03. The highest BCUT2D eigenvalue weighted by Crippen LogP contribution is 2.29. The number of nitrogens with zero attached hydrogens (tertiary/aromatic N) is 1. The van der Waals surface area contributed by atoms with Crippen molar-refractivity contribution >= 4 is 20.1 Å². The van der Waals surface area contributed by atoms with Gasteiger partial charge in [0.25, 0.3) is 10.1 Å². The number of aryl methyl sites for hydroxylation is 2. The topological polar surface area (TPSA) is 101 Å². The van der Waals surface area contributed by atoms with Gasteiger partial charge in [-0.25, -0.2) is 8.42 Å². The summed E-state index contributed by atoms with van der Waals surface area (Å²) in [4.78, 5) is 0.108. The zero-order chi connectivity index (χ0) is 20.5. The largest absolute Gasteiger partial charge is 0.395 e. The van der Waals surface area contributed by atoms with Gasteiger partial charge in [-0.3, -0.25) is 4.18 Å².